The Hall–Kier alpha value is -2.69. The number of hydrogen-bond acceptors (Lipinski definition) is 3. The molecule has 2 heterocycles. The van der Waals surface area contributed by atoms with Gasteiger partial charge in [0.2, 0.25) is 0 Å². The van der Waals surface area contributed by atoms with Gasteiger partial charge in [-0.05, 0) is 18.6 Å². The van der Waals surface area contributed by atoms with Crippen molar-refractivity contribution in [1.29, 1.82) is 0 Å². The molecule has 2 N–H and O–H groups in total. The first kappa shape index (κ1) is 11.4. The van der Waals surface area contributed by atoms with Crippen molar-refractivity contribution in [3.05, 3.63) is 54.1 Å². The molecule has 1 aromatic carbocycles. The Balaban J connectivity index is 2.34. The molecule has 0 aliphatic carbocycles. The van der Waals surface area contributed by atoms with E-state index >= 15 is 0 Å². The molecule has 3 aromatic rings. The van der Waals surface area contributed by atoms with Crippen molar-refractivity contribution < 1.29 is 4.79 Å². The Bertz CT molecular complexity index is 762. The summed E-state index contributed by atoms with van der Waals surface area (Å²) in [5.74, 6) is -0.570. The maximum atomic E-state index is 11.3. The van der Waals surface area contributed by atoms with Crippen LogP contribution in [0.3, 0.4) is 0 Å². The van der Waals surface area contributed by atoms with Crippen molar-refractivity contribution in [1.82, 2.24) is 14.4 Å². The maximum Gasteiger partial charge on any atom is 0.271 e. The Morgan fingerprint density at radius 1 is 1.26 bits per heavy atom. The molecule has 0 saturated heterocycles. The number of nitrogens with two attached hydrogens (primary N) is 1. The van der Waals surface area contributed by atoms with Crippen LogP contribution in [0.15, 0.2) is 42.7 Å². The van der Waals surface area contributed by atoms with Gasteiger partial charge in [-0.25, -0.2) is 9.97 Å². The molecule has 0 radical (unpaired) electrons. The number of rotatable bonds is 2. The largest absolute Gasteiger partial charge is 0.364 e. The van der Waals surface area contributed by atoms with Gasteiger partial charge in [0.25, 0.3) is 5.91 Å². The minimum atomic E-state index is -0.570. The minimum Gasteiger partial charge on any atom is -0.364 e. The molecule has 19 heavy (non-hydrogen) atoms. The Morgan fingerprint density at radius 3 is 2.68 bits per heavy atom. The van der Waals surface area contributed by atoms with Gasteiger partial charge < -0.3 is 5.73 Å². The van der Waals surface area contributed by atoms with E-state index in [1.807, 2.05) is 43.3 Å². The van der Waals surface area contributed by atoms with Crippen LogP contribution in [0.4, 0.5) is 0 Å². The third-order valence-corrected chi connectivity index (χ3v) is 2.93. The molecule has 0 aliphatic rings. The fourth-order valence-corrected chi connectivity index (χ4v) is 2.10. The fraction of sp³-hybridized carbons (Fsp3) is 0.0714. The summed E-state index contributed by atoms with van der Waals surface area (Å²) in [6, 6.07) is 11.8. The van der Waals surface area contributed by atoms with Gasteiger partial charge in [-0.2, -0.15) is 0 Å². The van der Waals surface area contributed by atoms with Crippen molar-refractivity contribution in [2.45, 2.75) is 6.92 Å². The molecule has 0 fully saturated rings. The molecule has 1 amide bonds. The van der Waals surface area contributed by atoms with E-state index in [-0.39, 0.29) is 5.69 Å². The summed E-state index contributed by atoms with van der Waals surface area (Å²) in [5, 5.41) is 0. The molecule has 94 valence electrons. The van der Waals surface area contributed by atoms with Gasteiger partial charge in [-0.3, -0.25) is 9.20 Å². The predicted octanol–water partition coefficient (Wildman–Crippen LogP) is 1.80. The number of hydrogen-bond donors (Lipinski definition) is 1. The van der Waals surface area contributed by atoms with Crippen LogP contribution in [0.5, 0.6) is 0 Å². The monoisotopic (exact) mass is 252 g/mol. The lowest BCUT2D eigenvalue weighted by Gasteiger charge is -2.07. The minimum absolute atomic E-state index is 0.195. The number of amides is 1. The van der Waals surface area contributed by atoms with Crippen LogP contribution in [0.25, 0.3) is 16.9 Å². The van der Waals surface area contributed by atoms with Gasteiger partial charge >= 0.3 is 0 Å². The van der Waals surface area contributed by atoms with Crippen molar-refractivity contribution in [3.8, 4) is 11.3 Å². The third kappa shape index (κ3) is 1.85. The molecule has 5 nitrogen and oxygen atoms in total. The number of carbonyl (C=O) groups excluding carboxylic acids is 1. The van der Waals surface area contributed by atoms with Gasteiger partial charge in [0.15, 0.2) is 11.3 Å². The van der Waals surface area contributed by atoms with E-state index in [9.17, 15) is 4.79 Å². The van der Waals surface area contributed by atoms with Crippen LogP contribution < -0.4 is 5.73 Å². The predicted molar refractivity (Wildman–Crippen MR) is 71.7 cm³/mol. The molecule has 2 aromatic heterocycles. The Morgan fingerprint density at radius 2 is 2.00 bits per heavy atom. The van der Waals surface area contributed by atoms with Crippen LogP contribution in [-0.2, 0) is 0 Å². The molecule has 0 atom stereocenters. The first-order valence-electron chi connectivity index (χ1n) is 5.87. The molecule has 5 heteroatoms. The van der Waals surface area contributed by atoms with Crippen LogP contribution in [-0.4, -0.2) is 20.3 Å². The molecule has 0 spiro atoms. The molecular formula is C14H12N4O. The zero-order valence-electron chi connectivity index (χ0n) is 10.4. The SMILES string of the molecule is Cc1cc(-c2ccccc2)n2cnc(C(N)=O)c2n1. The van der Waals surface area contributed by atoms with Crippen molar-refractivity contribution in [2.75, 3.05) is 0 Å². The van der Waals surface area contributed by atoms with E-state index in [2.05, 4.69) is 9.97 Å². The van der Waals surface area contributed by atoms with Crippen LogP contribution in [0.2, 0.25) is 0 Å². The number of benzene rings is 1. The van der Waals surface area contributed by atoms with Crippen molar-refractivity contribution in [2.24, 2.45) is 5.73 Å². The number of fused-ring (bicyclic) bond motifs is 1. The Kier molecular flexibility index (Phi) is 2.52. The molecule has 0 unspecified atom stereocenters. The second-order valence-electron chi connectivity index (χ2n) is 4.30. The summed E-state index contributed by atoms with van der Waals surface area (Å²) in [5.41, 5.74) is 8.78. The zero-order chi connectivity index (χ0) is 13.4. The van der Waals surface area contributed by atoms with Gasteiger partial charge in [0, 0.05) is 5.69 Å². The van der Waals surface area contributed by atoms with Crippen LogP contribution in [0, 0.1) is 6.92 Å². The lowest BCUT2D eigenvalue weighted by Crippen LogP contribution is -2.12. The summed E-state index contributed by atoms with van der Waals surface area (Å²) < 4.78 is 1.78. The quantitative estimate of drug-likeness (QED) is 0.755. The molecule has 0 bridgehead atoms. The number of primary amides is 1. The number of imidazole rings is 1. The highest BCUT2D eigenvalue weighted by Gasteiger charge is 2.14. The zero-order valence-corrected chi connectivity index (χ0v) is 10.4. The number of aryl methyl sites for hydroxylation is 1. The first-order chi connectivity index (χ1) is 9.16. The number of carbonyl (C=O) groups is 1. The van der Waals surface area contributed by atoms with E-state index in [0.29, 0.717) is 5.65 Å². The summed E-state index contributed by atoms with van der Waals surface area (Å²) in [6.07, 6.45) is 1.57. The number of nitrogens with zero attached hydrogens (tertiary/aromatic N) is 3. The van der Waals surface area contributed by atoms with Crippen LogP contribution >= 0.6 is 0 Å². The highest BCUT2D eigenvalue weighted by Crippen LogP contribution is 2.22. The first-order valence-corrected chi connectivity index (χ1v) is 5.87. The summed E-state index contributed by atoms with van der Waals surface area (Å²) in [7, 11) is 0. The molecular weight excluding hydrogens is 240 g/mol. The maximum absolute atomic E-state index is 11.3. The lowest BCUT2D eigenvalue weighted by molar-refractivity contribution is 0.0997. The summed E-state index contributed by atoms with van der Waals surface area (Å²) >= 11 is 0. The second-order valence-corrected chi connectivity index (χ2v) is 4.30. The van der Waals surface area contributed by atoms with Gasteiger partial charge in [-0.1, -0.05) is 30.3 Å². The second kappa shape index (κ2) is 4.20. The summed E-state index contributed by atoms with van der Waals surface area (Å²) in [4.78, 5) is 19.7. The Labute approximate surface area is 109 Å². The van der Waals surface area contributed by atoms with Gasteiger partial charge in [-0.15, -0.1) is 0 Å². The molecule has 3 rings (SSSR count). The molecule has 0 aliphatic heterocycles. The van der Waals surface area contributed by atoms with E-state index in [1.165, 1.54) is 0 Å². The van der Waals surface area contributed by atoms with E-state index in [1.54, 1.807) is 10.7 Å². The van der Waals surface area contributed by atoms with E-state index in [0.717, 1.165) is 17.0 Å². The molecule has 0 saturated carbocycles. The number of aromatic nitrogens is 3. The highest BCUT2D eigenvalue weighted by molar-refractivity contribution is 5.97. The van der Waals surface area contributed by atoms with Crippen molar-refractivity contribution in [3.63, 3.8) is 0 Å². The fourth-order valence-electron chi connectivity index (χ4n) is 2.10. The third-order valence-electron chi connectivity index (χ3n) is 2.93. The van der Waals surface area contributed by atoms with Gasteiger partial charge in [0.05, 0.1) is 5.69 Å². The smallest absolute Gasteiger partial charge is 0.271 e. The average molecular weight is 252 g/mol. The lowest BCUT2D eigenvalue weighted by atomic mass is 10.1. The standard InChI is InChI=1S/C14H12N4O/c1-9-7-11(10-5-3-2-4-6-10)18-8-16-12(13(15)19)14(18)17-9/h2-8H,1H3,(H2,15,19). The van der Waals surface area contributed by atoms with E-state index < -0.39 is 5.91 Å². The van der Waals surface area contributed by atoms with E-state index in [4.69, 9.17) is 5.73 Å². The topological polar surface area (TPSA) is 73.3 Å². The average Bonchev–Trinajstić information content (AvgIpc) is 2.82. The van der Waals surface area contributed by atoms with Crippen LogP contribution in [0.1, 0.15) is 16.2 Å². The summed E-state index contributed by atoms with van der Waals surface area (Å²) in [6.45, 7) is 1.88. The van der Waals surface area contributed by atoms with Crippen molar-refractivity contribution >= 4 is 11.6 Å². The van der Waals surface area contributed by atoms with Gasteiger partial charge in [0.1, 0.15) is 6.33 Å². The normalized spacial score (nSPS) is 10.8. The highest BCUT2D eigenvalue weighted by atomic mass is 16.1.